The van der Waals surface area contributed by atoms with Crippen LogP contribution in [0.5, 0.6) is 0 Å². The van der Waals surface area contributed by atoms with Crippen molar-refractivity contribution in [2.75, 3.05) is 26.2 Å². The maximum absolute atomic E-state index is 12.7. The van der Waals surface area contributed by atoms with E-state index in [-0.39, 0.29) is 5.91 Å². The smallest absolute Gasteiger partial charge is 0.274 e. The fourth-order valence-corrected chi connectivity index (χ4v) is 3.54. The molecule has 0 saturated carbocycles. The van der Waals surface area contributed by atoms with E-state index in [0.29, 0.717) is 17.5 Å². The Labute approximate surface area is 135 Å². The van der Waals surface area contributed by atoms with Gasteiger partial charge < -0.3 is 10.2 Å². The number of aromatic nitrogens is 3. The fourth-order valence-electron chi connectivity index (χ4n) is 3.54. The highest BCUT2D eigenvalue weighted by Gasteiger charge is 2.30. The van der Waals surface area contributed by atoms with E-state index in [1.54, 1.807) is 0 Å². The average molecular weight is 311 g/mol. The van der Waals surface area contributed by atoms with Crippen LogP contribution in [0.25, 0.3) is 0 Å². The Balaban J connectivity index is 1.43. The Morgan fingerprint density at radius 1 is 1.26 bits per heavy atom. The van der Waals surface area contributed by atoms with Crippen LogP contribution in [0.1, 0.15) is 46.6 Å². The molecule has 4 heterocycles. The molecule has 2 aromatic rings. The summed E-state index contributed by atoms with van der Waals surface area (Å²) in [6, 6.07) is 7.89. The summed E-state index contributed by atoms with van der Waals surface area (Å²) >= 11 is 0. The summed E-state index contributed by atoms with van der Waals surface area (Å²) in [6.07, 6.45) is 3.88. The Bertz CT molecular complexity index is 677. The van der Waals surface area contributed by atoms with Gasteiger partial charge in [-0.1, -0.05) is 6.07 Å². The van der Waals surface area contributed by atoms with Gasteiger partial charge in [-0.25, -0.2) is 0 Å². The molecule has 0 spiro atoms. The standard InChI is InChI=1S/C17H21N5O/c23-17(16-9-15(20-21-16)12-4-7-18-10-12)22-8-5-13(11-22)14-3-1-2-6-19-14/h1-3,6,9,12-13,18H,4-5,7-8,10-11H2,(H,20,21). The van der Waals surface area contributed by atoms with Crippen LogP contribution in [0.2, 0.25) is 0 Å². The molecular weight excluding hydrogens is 290 g/mol. The van der Waals surface area contributed by atoms with Crippen LogP contribution in [0.15, 0.2) is 30.5 Å². The third-order valence-electron chi connectivity index (χ3n) is 4.90. The number of carbonyl (C=O) groups is 1. The van der Waals surface area contributed by atoms with Crippen molar-refractivity contribution in [2.24, 2.45) is 0 Å². The largest absolute Gasteiger partial charge is 0.337 e. The zero-order valence-electron chi connectivity index (χ0n) is 13.0. The summed E-state index contributed by atoms with van der Waals surface area (Å²) in [5, 5.41) is 10.6. The normalized spacial score (nSPS) is 24.3. The maximum Gasteiger partial charge on any atom is 0.274 e. The molecule has 6 heteroatoms. The minimum Gasteiger partial charge on any atom is -0.337 e. The molecule has 2 saturated heterocycles. The third kappa shape index (κ3) is 2.86. The third-order valence-corrected chi connectivity index (χ3v) is 4.90. The zero-order chi connectivity index (χ0) is 15.6. The second-order valence-corrected chi connectivity index (χ2v) is 6.39. The van der Waals surface area contributed by atoms with Gasteiger partial charge in [0.05, 0.1) is 0 Å². The highest BCUT2D eigenvalue weighted by atomic mass is 16.2. The lowest BCUT2D eigenvalue weighted by Crippen LogP contribution is -2.28. The van der Waals surface area contributed by atoms with Crippen LogP contribution in [0.4, 0.5) is 0 Å². The molecule has 2 aromatic heterocycles. The molecule has 2 fully saturated rings. The molecule has 6 nitrogen and oxygen atoms in total. The number of amides is 1. The fraction of sp³-hybridized carbons (Fsp3) is 0.471. The monoisotopic (exact) mass is 311 g/mol. The van der Waals surface area contributed by atoms with Crippen molar-refractivity contribution >= 4 is 5.91 Å². The summed E-state index contributed by atoms with van der Waals surface area (Å²) in [5.74, 6) is 0.804. The molecule has 1 amide bonds. The molecule has 0 radical (unpaired) electrons. The minimum absolute atomic E-state index is 0.0249. The van der Waals surface area contributed by atoms with Gasteiger partial charge in [0.15, 0.2) is 0 Å². The van der Waals surface area contributed by atoms with Crippen molar-refractivity contribution in [3.63, 3.8) is 0 Å². The van der Waals surface area contributed by atoms with Crippen molar-refractivity contribution in [3.05, 3.63) is 47.5 Å². The van der Waals surface area contributed by atoms with Crippen LogP contribution in [0.3, 0.4) is 0 Å². The summed E-state index contributed by atoms with van der Waals surface area (Å²) in [7, 11) is 0. The van der Waals surface area contributed by atoms with Crippen molar-refractivity contribution < 1.29 is 4.79 Å². The summed E-state index contributed by atoms with van der Waals surface area (Å²) in [5.41, 5.74) is 2.68. The van der Waals surface area contributed by atoms with E-state index in [2.05, 4.69) is 20.5 Å². The lowest BCUT2D eigenvalue weighted by atomic mass is 10.0. The number of aromatic amines is 1. The van der Waals surface area contributed by atoms with Gasteiger partial charge in [0, 0.05) is 49.1 Å². The molecule has 120 valence electrons. The van der Waals surface area contributed by atoms with E-state index in [1.807, 2.05) is 35.4 Å². The summed E-state index contributed by atoms with van der Waals surface area (Å²) in [6.45, 7) is 3.49. The Kier molecular flexibility index (Phi) is 3.83. The quantitative estimate of drug-likeness (QED) is 0.901. The van der Waals surface area contributed by atoms with Crippen LogP contribution < -0.4 is 5.32 Å². The first-order valence-corrected chi connectivity index (χ1v) is 8.27. The van der Waals surface area contributed by atoms with Crippen molar-refractivity contribution in [3.8, 4) is 0 Å². The molecule has 4 rings (SSSR count). The number of pyridine rings is 1. The number of hydrogen-bond acceptors (Lipinski definition) is 4. The first-order chi connectivity index (χ1) is 11.3. The van der Waals surface area contributed by atoms with E-state index in [0.717, 1.165) is 50.4 Å². The second kappa shape index (κ2) is 6.12. The van der Waals surface area contributed by atoms with Crippen molar-refractivity contribution in [1.29, 1.82) is 0 Å². The van der Waals surface area contributed by atoms with Gasteiger partial charge >= 0.3 is 0 Å². The molecule has 0 aromatic carbocycles. The van der Waals surface area contributed by atoms with E-state index < -0.39 is 0 Å². The summed E-state index contributed by atoms with van der Waals surface area (Å²) in [4.78, 5) is 19.0. The highest BCUT2D eigenvalue weighted by Crippen LogP contribution is 2.27. The number of carbonyl (C=O) groups excluding carboxylic acids is 1. The molecule has 2 aliphatic heterocycles. The van der Waals surface area contributed by atoms with Crippen LogP contribution >= 0.6 is 0 Å². The van der Waals surface area contributed by atoms with Crippen molar-refractivity contribution in [1.82, 2.24) is 25.4 Å². The van der Waals surface area contributed by atoms with Gasteiger partial charge in [-0.3, -0.25) is 14.9 Å². The van der Waals surface area contributed by atoms with Crippen LogP contribution in [-0.4, -0.2) is 52.2 Å². The second-order valence-electron chi connectivity index (χ2n) is 6.39. The van der Waals surface area contributed by atoms with Gasteiger partial charge in [-0.2, -0.15) is 5.10 Å². The predicted molar refractivity (Wildman–Crippen MR) is 86.3 cm³/mol. The maximum atomic E-state index is 12.7. The Morgan fingerprint density at radius 2 is 2.22 bits per heavy atom. The molecule has 0 bridgehead atoms. The predicted octanol–water partition coefficient (Wildman–Crippen LogP) is 1.51. The van der Waals surface area contributed by atoms with Gasteiger partial charge in [-0.15, -0.1) is 0 Å². The molecule has 23 heavy (non-hydrogen) atoms. The van der Waals surface area contributed by atoms with Gasteiger partial charge in [0.1, 0.15) is 5.69 Å². The number of nitrogens with zero attached hydrogens (tertiary/aromatic N) is 3. The summed E-state index contributed by atoms with van der Waals surface area (Å²) < 4.78 is 0. The van der Waals surface area contributed by atoms with E-state index in [4.69, 9.17) is 0 Å². The molecule has 2 N–H and O–H groups in total. The number of nitrogens with one attached hydrogen (secondary N) is 2. The average Bonchev–Trinajstić information content (AvgIpc) is 3.35. The van der Waals surface area contributed by atoms with Gasteiger partial charge in [0.2, 0.25) is 0 Å². The first kappa shape index (κ1) is 14.4. The molecule has 2 unspecified atom stereocenters. The number of hydrogen-bond donors (Lipinski definition) is 2. The molecule has 0 aliphatic carbocycles. The lowest BCUT2D eigenvalue weighted by Gasteiger charge is -2.14. The van der Waals surface area contributed by atoms with E-state index >= 15 is 0 Å². The highest BCUT2D eigenvalue weighted by molar-refractivity contribution is 5.92. The number of rotatable bonds is 3. The number of H-pyrrole nitrogens is 1. The Hall–Kier alpha value is -2.21. The van der Waals surface area contributed by atoms with Crippen molar-refractivity contribution in [2.45, 2.75) is 24.7 Å². The zero-order valence-corrected chi connectivity index (χ0v) is 13.0. The number of likely N-dealkylation sites (tertiary alicyclic amines) is 1. The lowest BCUT2D eigenvalue weighted by molar-refractivity contribution is 0.0785. The van der Waals surface area contributed by atoms with E-state index in [1.165, 1.54) is 0 Å². The SMILES string of the molecule is O=C(c1cc(C2CCNC2)[nH]n1)N1CCC(c2ccccn2)C1. The Morgan fingerprint density at radius 3 is 3.00 bits per heavy atom. The minimum atomic E-state index is 0.0249. The van der Waals surface area contributed by atoms with Gasteiger partial charge in [0.25, 0.3) is 5.91 Å². The molecule has 2 atom stereocenters. The van der Waals surface area contributed by atoms with E-state index in [9.17, 15) is 4.79 Å². The molecule has 2 aliphatic rings. The first-order valence-electron chi connectivity index (χ1n) is 8.27. The van der Waals surface area contributed by atoms with Crippen LogP contribution in [0, 0.1) is 0 Å². The molecular formula is C17H21N5O. The van der Waals surface area contributed by atoms with Crippen LogP contribution in [-0.2, 0) is 0 Å². The van der Waals surface area contributed by atoms with Gasteiger partial charge in [-0.05, 0) is 37.6 Å². The topological polar surface area (TPSA) is 73.9 Å².